The molecule has 0 aliphatic carbocycles. The molecule has 2 heterocycles. The number of fused-ring (bicyclic) bond motifs is 1. The van der Waals surface area contributed by atoms with E-state index in [0.717, 1.165) is 21.0 Å². The smallest absolute Gasteiger partial charge is 0.323 e. The third-order valence-corrected chi connectivity index (χ3v) is 5.10. The Balaban J connectivity index is 1.60. The Labute approximate surface area is 186 Å². The Bertz CT molecular complexity index is 1280. The number of anilines is 2. The van der Waals surface area contributed by atoms with Crippen LogP contribution in [-0.4, -0.2) is 21.9 Å². The van der Waals surface area contributed by atoms with E-state index < -0.39 is 11.9 Å². The minimum Gasteiger partial charge on any atom is -0.366 e. The number of urea groups is 1. The van der Waals surface area contributed by atoms with Gasteiger partial charge in [-0.3, -0.25) is 4.79 Å². The molecule has 31 heavy (non-hydrogen) atoms. The summed E-state index contributed by atoms with van der Waals surface area (Å²) in [4.78, 5) is 31.8. The highest BCUT2D eigenvalue weighted by Crippen LogP contribution is 2.25. The zero-order chi connectivity index (χ0) is 21.8. The molecule has 5 N–H and O–H groups in total. The van der Waals surface area contributed by atoms with E-state index in [4.69, 9.17) is 5.73 Å². The first kappa shape index (κ1) is 20.4. The van der Waals surface area contributed by atoms with Gasteiger partial charge in [0.25, 0.3) is 0 Å². The van der Waals surface area contributed by atoms with Gasteiger partial charge in [-0.25, -0.2) is 9.78 Å². The molecule has 3 amide bonds. The highest BCUT2D eigenvalue weighted by Gasteiger charge is 2.12. The molecule has 0 bridgehead atoms. The van der Waals surface area contributed by atoms with Crippen LogP contribution in [-0.2, 0) is 4.79 Å². The molecule has 2 aromatic heterocycles. The van der Waals surface area contributed by atoms with Crippen molar-refractivity contribution in [1.82, 2.24) is 9.97 Å². The molecule has 154 valence electrons. The Hall–Kier alpha value is -3.91. The minimum atomic E-state index is -0.531. The lowest BCUT2D eigenvalue weighted by atomic mass is 10.0. The number of benzene rings is 2. The summed E-state index contributed by atoms with van der Waals surface area (Å²) in [7, 11) is 0. The highest BCUT2D eigenvalue weighted by atomic mass is 79.9. The van der Waals surface area contributed by atoms with Crippen molar-refractivity contribution in [1.29, 1.82) is 0 Å². The number of nitrogens with zero attached hydrogens (tertiary/aromatic N) is 1. The lowest BCUT2D eigenvalue weighted by Crippen LogP contribution is -2.19. The maximum absolute atomic E-state index is 12.3. The van der Waals surface area contributed by atoms with E-state index in [2.05, 4.69) is 36.5 Å². The molecular weight excluding hydrogens is 458 g/mol. The Kier molecular flexibility index (Phi) is 5.81. The number of carbonyl (C=O) groups is 2. The van der Waals surface area contributed by atoms with Crippen LogP contribution in [0.15, 0.2) is 77.5 Å². The number of hydrogen-bond donors (Lipinski definition) is 4. The maximum Gasteiger partial charge on any atom is 0.323 e. The van der Waals surface area contributed by atoms with Gasteiger partial charge in [0.05, 0.1) is 11.9 Å². The molecule has 2 aromatic carbocycles. The molecule has 4 rings (SSSR count). The number of amides is 3. The second-order valence-electron chi connectivity index (χ2n) is 6.74. The van der Waals surface area contributed by atoms with E-state index in [1.807, 2.05) is 42.5 Å². The predicted octanol–water partition coefficient (Wildman–Crippen LogP) is 5.00. The van der Waals surface area contributed by atoms with Crippen molar-refractivity contribution in [3.05, 3.63) is 88.7 Å². The first-order valence-electron chi connectivity index (χ1n) is 9.37. The zero-order valence-corrected chi connectivity index (χ0v) is 17.8. The highest BCUT2D eigenvalue weighted by molar-refractivity contribution is 9.10. The Morgan fingerprint density at radius 3 is 2.42 bits per heavy atom. The van der Waals surface area contributed by atoms with Crippen LogP contribution in [0, 0.1) is 0 Å². The van der Waals surface area contributed by atoms with E-state index in [9.17, 15) is 9.59 Å². The average molecular weight is 476 g/mol. The fourth-order valence-corrected chi connectivity index (χ4v) is 3.37. The molecule has 0 radical (unpaired) electrons. The third-order valence-electron chi connectivity index (χ3n) is 4.57. The number of carbonyl (C=O) groups excluding carboxylic acids is 2. The number of aromatic amines is 1. The molecule has 0 fully saturated rings. The number of hydrogen-bond acceptors (Lipinski definition) is 3. The minimum absolute atomic E-state index is 0.382. The van der Waals surface area contributed by atoms with Crippen LogP contribution in [0.5, 0.6) is 0 Å². The summed E-state index contributed by atoms with van der Waals surface area (Å²) in [6.45, 7) is 0. The number of halogens is 1. The van der Waals surface area contributed by atoms with Crippen molar-refractivity contribution >= 4 is 61.9 Å². The molecule has 0 atom stereocenters. The van der Waals surface area contributed by atoms with Crippen molar-refractivity contribution in [2.45, 2.75) is 0 Å². The first-order chi connectivity index (χ1) is 15.0. The van der Waals surface area contributed by atoms with Crippen LogP contribution in [0.2, 0.25) is 0 Å². The molecule has 0 saturated carbocycles. The molecule has 0 aliphatic rings. The fourth-order valence-electron chi connectivity index (χ4n) is 3.11. The summed E-state index contributed by atoms with van der Waals surface area (Å²) in [6, 6.07) is 17.8. The van der Waals surface area contributed by atoms with Crippen molar-refractivity contribution < 1.29 is 9.59 Å². The molecule has 8 heteroatoms. The topological polar surface area (TPSA) is 113 Å². The first-order valence-corrected chi connectivity index (χ1v) is 10.2. The SMILES string of the molecule is NC(=O)C(=Cc1c[nH]c2ncc(NC(=O)Nc3ccc(Br)cc3)cc12)c1ccccc1. The molecule has 0 saturated heterocycles. The van der Waals surface area contributed by atoms with Gasteiger partial charge >= 0.3 is 6.03 Å². The molecule has 0 spiro atoms. The normalized spacial score (nSPS) is 11.3. The van der Waals surface area contributed by atoms with Crippen molar-refractivity contribution in [2.75, 3.05) is 10.6 Å². The third kappa shape index (κ3) is 4.81. The second kappa shape index (κ2) is 8.85. The van der Waals surface area contributed by atoms with Gasteiger partial charge < -0.3 is 21.4 Å². The second-order valence-corrected chi connectivity index (χ2v) is 7.65. The molecule has 4 aromatic rings. The molecule has 0 unspecified atom stereocenters. The zero-order valence-electron chi connectivity index (χ0n) is 16.2. The van der Waals surface area contributed by atoms with Gasteiger partial charge in [-0.2, -0.15) is 0 Å². The number of nitrogens with one attached hydrogen (secondary N) is 3. The van der Waals surface area contributed by atoms with Crippen molar-refractivity contribution in [3.8, 4) is 0 Å². The molecule has 0 aliphatic heterocycles. The number of aromatic nitrogens is 2. The van der Waals surface area contributed by atoms with Crippen LogP contribution >= 0.6 is 15.9 Å². The monoisotopic (exact) mass is 475 g/mol. The molecule has 7 nitrogen and oxygen atoms in total. The van der Waals surface area contributed by atoms with Gasteiger partial charge in [-0.1, -0.05) is 46.3 Å². The summed E-state index contributed by atoms with van der Waals surface area (Å²) in [5, 5.41) is 6.28. The fraction of sp³-hybridized carbons (Fsp3) is 0. The standard InChI is InChI=1S/C23H18BrN5O2/c24-16-6-8-17(9-7-16)28-23(31)29-18-11-20-15(12-26-22(20)27-13-18)10-19(21(25)30)14-4-2-1-3-5-14/h1-13H,(H2,25,30)(H,26,27)(H2,28,29,31). The number of rotatable bonds is 5. The number of primary amides is 1. The van der Waals surface area contributed by atoms with Crippen LogP contribution < -0.4 is 16.4 Å². The summed E-state index contributed by atoms with van der Waals surface area (Å²) in [5.74, 6) is -0.531. The van der Waals surface area contributed by atoms with Gasteiger partial charge in [-0.15, -0.1) is 0 Å². The van der Waals surface area contributed by atoms with Gasteiger partial charge in [0.15, 0.2) is 0 Å². The van der Waals surface area contributed by atoms with Crippen molar-refractivity contribution in [2.24, 2.45) is 5.73 Å². The summed E-state index contributed by atoms with van der Waals surface area (Å²) in [5.41, 5.74) is 9.24. The van der Waals surface area contributed by atoms with Crippen LogP contribution in [0.25, 0.3) is 22.7 Å². The van der Waals surface area contributed by atoms with E-state index >= 15 is 0 Å². The Morgan fingerprint density at radius 2 is 1.71 bits per heavy atom. The van der Waals surface area contributed by atoms with Gasteiger partial charge in [0, 0.05) is 32.9 Å². The van der Waals surface area contributed by atoms with Gasteiger partial charge in [-0.05, 0) is 42.0 Å². The maximum atomic E-state index is 12.3. The quantitative estimate of drug-likeness (QED) is 0.304. The van der Waals surface area contributed by atoms with E-state index in [1.165, 1.54) is 0 Å². The number of pyridine rings is 1. The lowest BCUT2D eigenvalue weighted by Gasteiger charge is -2.08. The Morgan fingerprint density at radius 1 is 1.00 bits per heavy atom. The van der Waals surface area contributed by atoms with Crippen LogP contribution in [0.4, 0.5) is 16.2 Å². The predicted molar refractivity (Wildman–Crippen MR) is 126 cm³/mol. The number of H-pyrrole nitrogens is 1. The molecular formula is C23H18BrN5O2. The summed E-state index contributed by atoms with van der Waals surface area (Å²) >= 11 is 3.36. The van der Waals surface area contributed by atoms with Crippen molar-refractivity contribution in [3.63, 3.8) is 0 Å². The summed E-state index contributed by atoms with van der Waals surface area (Å²) < 4.78 is 0.923. The average Bonchev–Trinajstić information content (AvgIpc) is 3.16. The van der Waals surface area contributed by atoms with E-state index in [0.29, 0.717) is 22.6 Å². The van der Waals surface area contributed by atoms with Crippen LogP contribution in [0.3, 0.4) is 0 Å². The van der Waals surface area contributed by atoms with Gasteiger partial charge in [0.1, 0.15) is 5.65 Å². The van der Waals surface area contributed by atoms with E-state index in [1.54, 1.807) is 36.7 Å². The van der Waals surface area contributed by atoms with Gasteiger partial charge in [0.2, 0.25) is 5.91 Å². The van der Waals surface area contributed by atoms with E-state index in [-0.39, 0.29) is 0 Å². The largest absolute Gasteiger partial charge is 0.366 e. The number of nitrogens with two attached hydrogens (primary N) is 1. The van der Waals surface area contributed by atoms with Crippen LogP contribution in [0.1, 0.15) is 11.1 Å². The summed E-state index contributed by atoms with van der Waals surface area (Å²) in [6.07, 6.45) is 5.01. The lowest BCUT2D eigenvalue weighted by molar-refractivity contribution is -0.112.